The summed E-state index contributed by atoms with van der Waals surface area (Å²) in [6.45, 7) is 4.27. The van der Waals surface area contributed by atoms with Crippen LogP contribution in [-0.4, -0.2) is 77.1 Å². The van der Waals surface area contributed by atoms with Gasteiger partial charge < -0.3 is 19.6 Å². The molecule has 1 fully saturated rings. The average Bonchev–Trinajstić information content (AvgIpc) is 3.21. The van der Waals surface area contributed by atoms with Crippen molar-refractivity contribution >= 4 is 23.4 Å². The highest BCUT2D eigenvalue weighted by Crippen LogP contribution is 2.40. The van der Waals surface area contributed by atoms with Gasteiger partial charge in [0, 0.05) is 18.8 Å². The molecule has 2 N–H and O–H groups in total. The summed E-state index contributed by atoms with van der Waals surface area (Å²) in [5, 5.41) is 18.0. The summed E-state index contributed by atoms with van der Waals surface area (Å²) in [6.07, 6.45) is 0. The van der Waals surface area contributed by atoms with Gasteiger partial charge in [-0.15, -0.1) is 0 Å². The molecule has 1 aliphatic rings. The molecule has 9 heteroatoms. The van der Waals surface area contributed by atoms with Crippen molar-refractivity contribution in [2.24, 2.45) is 0 Å². The molecule has 0 aliphatic carbocycles. The van der Waals surface area contributed by atoms with Gasteiger partial charge in [0.2, 0.25) is 0 Å². The lowest BCUT2D eigenvalue weighted by molar-refractivity contribution is -0.140. The van der Waals surface area contributed by atoms with Crippen LogP contribution in [0.4, 0.5) is 0 Å². The van der Waals surface area contributed by atoms with Gasteiger partial charge in [-0.1, -0.05) is 12.1 Å². The number of H-pyrrole nitrogens is 1. The van der Waals surface area contributed by atoms with E-state index in [4.69, 9.17) is 4.74 Å². The third-order valence-corrected chi connectivity index (χ3v) is 5.34. The lowest BCUT2D eigenvalue weighted by Crippen LogP contribution is -2.35. The number of carbonyl (C=O) groups is 3. The van der Waals surface area contributed by atoms with E-state index in [1.807, 2.05) is 19.0 Å². The number of aromatic nitrogens is 2. The second-order valence-electron chi connectivity index (χ2n) is 7.72. The quantitative estimate of drug-likeness (QED) is 0.313. The number of amides is 1. The molecular weight excluding hydrogens is 400 g/mol. The molecule has 1 atom stereocenters. The van der Waals surface area contributed by atoms with E-state index in [9.17, 15) is 19.5 Å². The summed E-state index contributed by atoms with van der Waals surface area (Å²) >= 11 is 0. The Morgan fingerprint density at radius 3 is 2.39 bits per heavy atom. The number of aromatic amines is 1. The topological polar surface area (TPSA) is 116 Å². The summed E-state index contributed by atoms with van der Waals surface area (Å²) in [4.78, 5) is 41.0. The maximum atomic E-state index is 13.0. The zero-order valence-corrected chi connectivity index (χ0v) is 18.2. The summed E-state index contributed by atoms with van der Waals surface area (Å²) < 4.78 is 4.73. The van der Waals surface area contributed by atoms with E-state index in [2.05, 4.69) is 10.2 Å². The number of ether oxygens (including phenoxy) is 1. The van der Waals surface area contributed by atoms with E-state index < -0.39 is 23.7 Å². The van der Waals surface area contributed by atoms with Crippen molar-refractivity contribution in [2.45, 2.75) is 19.9 Å². The molecule has 3 rings (SSSR count). The van der Waals surface area contributed by atoms with Gasteiger partial charge in [0.15, 0.2) is 0 Å². The molecule has 2 heterocycles. The molecule has 0 spiro atoms. The lowest BCUT2D eigenvalue weighted by Gasteiger charge is -2.26. The number of nitrogens with zero attached hydrogens (tertiary/aromatic N) is 3. The minimum Gasteiger partial charge on any atom is -0.507 e. The molecule has 0 radical (unpaired) electrons. The van der Waals surface area contributed by atoms with E-state index in [1.165, 1.54) is 12.0 Å². The zero-order valence-electron chi connectivity index (χ0n) is 18.2. The molecule has 9 nitrogen and oxygen atoms in total. The number of ketones is 1. The third-order valence-electron chi connectivity index (χ3n) is 5.34. The Kier molecular flexibility index (Phi) is 6.26. The van der Waals surface area contributed by atoms with Crippen molar-refractivity contribution in [1.29, 1.82) is 0 Å². The van der Waals surface area contributed by atoms with Crippen molar-refractivity contribution in [3.8, 4) is 0 Å². The fraction of sp³-hybridized carbons (Fsp3) is 0.364. The number of likely N-dealkylation sites (tertiary alicyclic amines) is 1. The first-order chi connectivity index (χ1) is 14.7. The largest absolute Gasteiger partial charge is 0.507 e. The van der Waals surface area contributed by atoms with Gasteiger partial charge in [-0.3, -0.25) is 14.7 Å². The highest BCUT2D eigenvalue weighted by molar-refractivity contribution is 6.46. The predicted octanol–water partition coefficient (Wildman–Crippen LogP) is 1.80. The van der Waals surface area contributed by atoms with Crippen LogP contribution in [0, 0.1) is 13.8 Å². The van der Waals surface area contributed by atoms with E-state index in [-0.39, 0.29) is 11.3 Å². The Hall–Kier alpha value is -3.46. The minimum atomic E-state index is -0.791. The average molecular weight is 426 g/mol. The smallest absolute Gasteiger partial charge is 0.337 e. The Bertz CT molecular complexity index is 1030. The number of hydrogen-bond acceptors (Lipinski definition) is 7. The molecule has 1 aliphatic heterocycles. The highest BCUT2D eigenvalue weighted by Gasteiger charge is 2.46. The summed E-state index contributed by atoms with van der Waals surface area (Å²) in [7, 11) is 5.03. The van der Waals surface area contributed by atoms with Crippen molar-refractivity contribution in [2.75, 3.05) is 34.3 Å². The molecule has 1 amide bonds. The van der Waals surface area contributed by atoms with E-state index in [0.29, 0.717) is 41.2 Å². The van der Waals surface area contributed by atoms with Gasteiger partial charge in [0.1, 0.15) is 5.76 Å². The Labute approximate surface area is 180 Å². The summed E-state index contributed by atoms with van der Waals surface area (Å²) in [5.41, 5.74) is 2.47. The van der Waals surface area contributed by atoms with E-state index in [0.717, 1.165) is 0 Å². The number of aryl methyl sites for hydroxylation is 2. The number of likely N-dealkylation sites (N-methyl/N-ethyl adjacent to an activating group) is 1. The van der Waals surface area contributed by atoms with Crippen molar-refractivity contribution in [3.63, 3.8) is 0 Å². The van der Waals surface area contributed by atoms with Crippen LogP contribution in [0.1, 0.15) is 38.9 Å². The highest BCUT2D eigenvalue weighted by atomic mass is 16.5. The number of benzene rings is 1. The van der Waals surface area contributed by atoms with Crippen LogP contribution in [-0.2, 0) is 14.3 Å². The first kappa shape index (κ1) is 22.2. The summed E-state index contributed by atoms with van der Waals surface area (Å²) in [5.74, 6) is -2.18. The van der Waals surface area contributed by atoms with Crippen molar-refractivity contribution in [1.82, 2.24) is 20.0 Å². The Morgan fingerprint density at radius 1 is 1.23 bits per heavy atom. The van der Waals surface area contributed by atoms with Crippen molar-refractivity contribution in [3.05, 3.63) is 57.9 Å². The van der Waals surface area contributed by atoms with Gasteiger partial charge in [0.05, 0.1) is 35.5 Å². The number of hydrogen-bond donors (Lipinski definition) is 2. The van der Waals surface area contributed by atoms with Gasteiger partial charge >= 0.3 is 5.97 Å². The predicted molar refractivity (Wildman–Crippen MR) is 113 cm³/mol. The van der Waals surface area contributed by atoms with E-state index in [1.54, 1.807) is 38.1 Å². The van der Waals surface area contributed by atoms with Crippen LogP contribution in [0.2, 0.25) is 0 Å². The van der Waals surface area contributed by atoms with Crippen LogP contribution >= 0.6 is 0 Å². The summed E-state index contributed by atoms with van der Waals surface area (Å²) in [6, 6.07) is 5.67. The van der Waals surface area contributed by atoms with E-state index >= 15 is 0 Å². The number of aliphatic hydroxyl groups is 1. The molecule has 164 valence electrons. The minimum absolute atomic E-state index is 0.00201. The van der Waals surface area contributed by atoms with Crippen LogP contribution in [0.25, 0.3) is 5.76 Å². The zero-order chi connectivity index (χ0) is 22.9. The number of aliphatic hydroxyl groups excluding tert-OH is 1. The number of Topliss-reactive ketones (excluding diaryl/α,β-unsaturated/α-hetero) is 1. The van der Waals surface area contributed by atoms with Crippen molar-refractivity contribution < 1.29 is 24.2 Å². The first-order valence-corrected chi connectivity index (χ1v) is 9.80. The molecule has 1 unspecified atom stereocenters. The van der Waals surface area contributed by atoms with Crippen LogP contribution < -0.4 is 0 Å². The second kappa shape index (κ2) is 8.73. The molecule has 0 saturated carbocycles. The number of nitrogens with one attached hydrogen (secondary N) is 1. The number of rotatable bonds is 6. The van der Waals surface area contributed by atoms with Gasteiger partial charge in [0.25, 0.3) is 11.7 Å². The number of methoxy groups -OCH3 is 1. The van der Waals surface area contributed by atoms with Gasteiger partial charge in [-0.25, -0.2) is 4.79 Å². The standard InChI is InChI=1S/C22H26N4O5/c1-12-16(13(2)24-23-12)19(27)17-18(14-6-8-15(9-7-14)22(30)31-5)26(11-10-25(3)4)21(29)20(17)28/h6-9,18,27H,10-11H2,1-5H3,(H,23,24)/b19-17+. The second-order valence-corrected chi connectivity index (χ2v) is 7.72. The number of esters is 1. The molecule has 31 heavy (non-hydrogen) atoms. The maximum absolute atomic E-state index is 13.0. The molecule has 1 saturated heterocycles. The normalized spacial score (nSPS) is 18.1. The number of carbonyl (C=O) groups excluding carboxylic acids is 3. The molecule has 2 aromatic rings. The maximum Gasteiger partial charge on any atom is 0.337 e. The fourth-order valence-electron chi connectivity index (χ4n) is 3.72. The Morgan fingerprint density at radius 2 is 1.87 bits per heavy atom. The third kappa shape index (κ3) is 4.09. The molecule has 0 bridgehead atoms. The molecule has 1 aromatic heterocycles. The Balaban J connectivity index is 2.16. The van der Waals surface area contributed by atoms with Gasteiger partial charge in [-0.2, -0.15) is 5.10 Å². The van der Waals surface area contributed by atoms with Crippen LogP contribution in [0.15, 0.2) is 29.8 Å². The molecule has 1 aromatic carbocycles. The van der Waals surface area contributed by atoms with Gasteiger partial charge in [-0.05, 0) is 45.6 Å². The van der Waals surface area contributed by atoms with Crippen LogP contribution in [0.3, 0.4) is 0 Å². The molecular formula is C22H26N4O5. The first-order valence-electron chi connectivity index (χ1n) is 9.80. The fourth-order valence-corrected chi connectivity index (χ4v) is 3.72. The SMILES string of the molecule is COC(=O)c1ccc(C2/C(=C(\O)c3c(C)n[nH]c3C)C(=O)C(=O)N2CCN(C)C)cc1. The monoisotopic (exact) mass is 426 g/mol. The van der Waals surface area contributed by atoms with Crippen LogP contribution in [0.5, 0.6) is 0 Å². The lowest BCUT2D eigenvalue weighted by atomic mass is 9.94.